The lowest BCUT2D eigenvalue weighted by Gasteiger charge is -2.05. The number of fused-ring (bicyclic) bond motifs is 1. The molecule has 0 fully saturated rings. The third kappa shape index (κ3) is 1.38. The summed E-state index contributed by atoms with van der Waals surface area (Å²) in [5.41, 5.74) is 6.28. The largest absolute Gasteiger partial charge is 0.398 e. The normalized spacial score (nSPS) is 12.9. The summed E-state index contributed by atoms with van der Waals surface area (Å²) in [5, 5.41) is 1.54. The number of anilines is 1. The van der Waals surface area contributed by atoms with Gasteiger partial charge in [-0.3, -0.25) is 0 Å². The van der Waals surface area contributed by atoms with Gasteiger partial charge in [-0.05, 0) is 17.5 Å². The molecule has 0 aromatic heterocycles. The Kier molecular flexibility index (Phi) is 2.23. The SMILES string of the molecule is Nc1cccc2cccc(S(=O)O)c12. The van der Waals surface area contributed by atoms with Crippen molar-refractivity contribution in [3.05, 3.63) is 36.4 Å². The van der Waals surface area contributed by atoms with E-state index in [-0.39, 0.29) is 0 Å². The highest BCUT2D eigenvalue weighted by Gasteiger charge is 2.07. The smallest absolute Gasteiger partial charge is 0.187 e. The Hall–Kier alpha value is -1.39. The minimum atomic E-state index is -1.99. The predicted molar refractivity (Wildman–Crippen MR) is 57.4 cm³/mol. The molecule has 0 saturated carbocycles. The van der Waals surface area contributed by atoms with Gasteiger partial charge < -0.3 is 10.3 Å². The molecule has 3 nitrogen and oxygen atoms in total. The van der Waals surface area contributed by atoms with Crippen molar-refractivity contribution in [2.45, 2.75) is 4.90 Å². The minimum Gasteiger partial charge on any atom is -0.398 e. The first-order chi connectivity index (χ1) is 6.70. The molecule has 1 unspecified atom stereocenters. The summed E-state index contributed by atoms with van der Waals surface area (Å²) < 4.78 is 20.1. The van der Waals surface area contributed by atoms with E-state index in [0.717, 1.165) is 5.39 Å². The summed E-state index contributed by atoms with van der Waals surface area (Å²) in [6, 6.07) is 10.6. The quantitative estimate of drug-likeness (QED) is 0.555. The molecule has 1 atom stereocenters. The summed E-state index contributed by atoms with van der Waals surface area (Å²) in [5.74, 6) is 0. The first-order valence-electron chi connectivity index (χ1n) is 4.08. The van der Waals surface area contributed by atoms with E-state index in [1.807, 2.05) is 18.2 Å². The Morgan fingerprint density at radius 1 is 1.14 bits per heavy atom. The van der Waals surface area contributed by atoms with E-state index in [4.69, 9.17) is 10.3 Å². The van der Waals surface area contributed by atoms with Gasteiger partial charge >= 0.3 is 0 Å². The van der Waals surface area contributed by atoms with E-state index in [1.54, 1.807) is 18.2 Å². The first kappa shape index (κ1) is 9.18. The second-order valence-electron chi connectivity index (χ2n) is 2.95. The number of nitrogens with two attached hydrogens (primary N) is 1. The molecule has 72 valence electrons. The highest BCUT2D eigenvalue weighted by atomic mass is 32.2. The van der Waals surface area contributed by atoms with E-state index >= 15 is 0 Å². The monoisotopic (exact) mass is 207 g/mol. The Bertz CT molecular complexity index is 505. The van der Waals surface area contributed by atoms with Crippen LogP contribution in [0.3, 0.4) is 0 Å². The number of hydrogen-bond acceptors (Lipinski definition) is 2. The topological polar surface area (TPSA) is 63.3 Å². The van der Waals surface area contributed by atoms with Gasteiger partial charge in [-0.15, -0.1) is 0 Å². The molecule has 0 amide bonds. The van der Waals surface area contributed by atoms with Crippen LogP contribution in [0.1, 0.15) is 0 Å². The van der Waals surface area contributed by atoms with E-state index in [0.29, 0.717) is 16.0 Å². The van der Waals surface area contributed by atoms with Crippen LogP contribution in [-0.2, 0) is 11.1 Å². The molecule has 0 heterocycles. The molecular weight excluding hydrogens is 198 g/mol. The van der Waals surface area contributed by atoms with Gasteiger partial charge in [0.15, 0.2) is 11.1 Å². The lowest BCUT2D eigenvalue weighted by molar-refractivity contribution is 0.565. The van der Waals surface area contributed by atoms with E-state index in [1.165, 1.54) is 0 Å². The molecule has 2 rings (SSSR count). The van der Waals surface area contributed by atoms with Crippen LogP contribution >= 0.6 is 0 Å². The van der Waals surface area contributed by atoms with Crippen molar-refractivity contribution in [1.82, 2.24) is 0 Å². The van der Waals surface area contributed by atoms with Crippen LogP contribution in [0.15, 0.2) is 41.3 Å². The number of nitrogen functional groups attached to an aromatic ring is 1. The molecule has 4 heteroatoms. The maximum Gasteiger partial charge on any atom is 0.187 e. The average molecular weight is 207 g/mol. The van der Waals surface area contributed by atoms with E-state index in [2.05, 4.69) is 0 Å². The van der Waals surface area contributed by atoms with E-state index < -0.39 is 11.1 Å². The van der Waals surface area contributed by atoms with Crippen LogP contribution in [0.4, 0.5) is 5.69 Å². The van der Waals surface area contributed by atoms with Gasteiger partial charge in [0.05, 0.1) is 4.90 Å². The third-order valence-corrected chi connectivity index (χ3v) is 2.80. The molecule has 0 aliphatic rings. The van der Waals surface area contributed by atoms with Crippen molar-refractivity contribution in [3.8, 4) is 0 Å². The van der Waals surface area contributed by atoms with Gasteiger partial charge in [0, 0.05) is 11.1 Å². The molecule has 14 heavy (non-hydrogen) atoms. The first-order valence-corrected chi connectivity index (χ1v) is 5.19. The van der Waals surface area contributed by atoms with Crippen molar-refractivity contribution in [1.29, 1.82) is 0 Å². The molecule has 0 aliphatic carbocycles. The summed E-state index contributed by atoms with van der Waals surface area (Å²) in [7, 11) is 0. The van der Waals surface area contributed by atoms with Crippen molar-refractivity contribution in [2.24, 2.45) is 0 Å². The van der Waals surface area contributed by atoms with Gasteiger partial charge in [0.1, 0.15) is 0 Å². The van der Waals surface area contributed by atoms with Gasteiger partial charge in [-0.2, -0.15) is 0 Å². The predicted octanol–water partition coefficient (Wildman–Crippen LogP) is 2.00. The Morgan fingerprint density at radius 2 is 1.79 bits per heavy atom. The average Bonchev–Trinajstić information content (AvgIpc) is 2.17. The van der Waals surface area contributed by atoms with E-state index in [9.17, 15) is 4.21 Å². The Labute approximate surface area is 83.8 Å². The molecule has 0 aliphatic heterocycles. The number of benzene rings is 2. The second-order valence-corrected chi connectivity index (χ2v) is 3.89. The summed E-state index contributed by atoms with van der Waals surface area (Å²) >= 11 is -1.99. The van der Waals surface area contributed by atoms with Crippen molar-refractivity contribution in [3.63, 3.8) is 0 Å². The Balaban J connectivity index is 2.91. The zero-order valence-corrected chi connectivity index (χ0v) is 8.12. The molecule has 0 spiro atoms. The van der Waals surface area contributed by atoms with Crippen LogP contribution in [0.5, 0.6) is 0 Å². The Morgan fingerprint density at radius 3 is 2.43 bits per heavy atom. The molecule has 0 saturated heterocycles. The highest BCUT2D eigenvalue weighted by Crippen LogP contribution is 2.26. The maximum absolute atomic E-state index is 11.0. The fourth-order valence-electron chi connectivity index (χ4n) is 1.48. The molecule has 3 N–H and O–H groups in total. The van der Waals surface area contributed by atoms with Gasteiger partial charge in [0.25, 0.3) is 0 Å². The number of hydrogen-bond donors (Lipinski definition) is 2. The number of rotatable bonds is 1. The fraction of sp³-hybridized carbons (Fsp3) is 0. The van der Waals surface area contributed by atoms with Crippen LogP contribution in [0.25, 0.3) is 10.8 Å². The van der Waals surface area contributed by atoms with Crippen molar-refractivity contribution in [2.75, 3.05) is 5.73 Å². The molecular formula is C10H9NO2S. The zero-order chi connectivity index (χ0) is 10.1. The summed E-state index contributed by atoms with van der Waals surface area (Å²) in [6.45, 7) is 0. The van der Waals surface area contributed by atoms with Gasteiger partial charge in [0.2, 0.25) is 0 Å². The lowest BCUT2D eigenvalue weighted by atomic mass is 10.1. The standard InChI is InChI=1S/C10H9NO2S/c11-8-5-1-3-7-4-2-6-9(10(7)8)14(12)13/h1-6H,11H2,(H,12,13). The van der Waals surface area contributed by atoms with Crippen LogP contribution in [0, 0.1) is 0 Å². The highest BCUT2D eigenvalue weighted by molar-refractivity contribution is 7.79. The molecule has 0 radical (unpaired) electrons. The minimum absolute atomic E-state index is 0.362. The molecule has 2 aromatic carbocycles. The van der Waals surface area contributed by atoms with Crippen LogP contribution < -0.4 is 5.73 Å². The molecule has 0 bridgehead atoms. The third-order valence-electron chi connectivity index (χ3n) is 2.09. The maximum atomic E-state index is 11.0. The summed E-state index contributed by atoms with van der Waals surface area (Å²) in [6.07, 6.45) is 0. The van der Waals surface area contributed by atoms with Gasteiger partial charge in [-0.25, -0.2) is 4.21 Å². The zero-order valence-electron chi connectivity index (χ0n) is 7.31. The van der Waals surface area contributed by atoms with Crippen molar-refractivity contribution >= 4 is 27.5 Å². The lowest BCUT2D eigenvalue weighted by Crippen LogP contribution is -1.94. The second kappa shape index (κ2) is 3.40. The fourth-order valence-corrected chi connectivity index (χ4v) is 2.09. The summed E-state index contributed by atoms with van der Waals surface area (Å²) in [4.78, 5) is 0.362. The van der Waals surface area contributed by atoms with Crippen LogP contribution in [-0.4, -0.2) is 8.76 Å². The molecule has 2 aromatic rings. The van der Waals surface area contributed by atoms with Crippen molar-refractivity contribution < 1.29 is 8.76 Å². The van der Waals surface area contributed by atoms with Crippen LogP contribution in [0.2, 0.25) is 0 Å². The van der Waals surface area contributed by atoms with Gasteiger partial charge in [-0.1, -0.05) is 24.3 Å².